The van der Waals surface area contributed by atoms with Gasteiger partial charge in [-0.3, -0.25) is 4.79 Å². The third-order valence-corrected chi connectivity index (χ3v) is 4.77. The molecule has 1 atom stereocenters. The topological polar surface area (TPSA) is 70.7 Å². The fraction of sp³-hybridized carbons (Fsp3) is 0.579. The standard InChI is InChI=1S/C19H27N3O3/c23-18-9-2-1-5-11-22(18)12-6-10-20-19(24)21-14-16-13-15-7-3-4-8-17(15)25-16/h3-4,7-8,16H,1-2,5-6,9-14H2,(H2,20,21,24)/t16-/m1/s1. The number of amides is 3. The second kappa shape index (κ2) is 8.74. The summed E-state index contributed by atoms with van der Waals surface area (Å²) in [7, 11) is 0. The minimum absolute atomic E-state index is 0.00197. The number of ether oxygens (including phenoxy) is 1. The summed E-state index contributed by atoms with van der Waals surface area (Å²) in [4.78, 5) is 25.7. The molecule has 3 amide bonds. The van der Waals surface area contributed by atoms with Gasteiger partial charge in [-0.05, 0) is 30.9 Å². The molecule has 2 N–H and O–H groups in total. The van der Waals surface area contributed by atoms with Gasteiger partial charge in [0.05, 0.1) is 6.54 Å². The lowest BCUT2D eigenvalue weighted by atomic mass is 10.1. The van der Waals surface area contributed by atoms with Gasteiger partial charge in [0.2, 0.25) is 5.91 Å². The Morgan fingerprint density at radius 2 is 2.08 bits per heavy atom. The predicted octanol–water partition coefficient (Wildman–Crippen LogP) is 2.08. The van der Waals surface area contributed by atoms with Crippen LogP contribution in [0.2, 0.25) is 0 Å². The highest BCUT2D eigenvalue weighted by atomic mass is 16.5. The van der Waals surface area contributed by atoms with Crippen molar-refractivity contribution in [2.75, 3.05) is 26.2 Å². The zero-order valence-corrected chi connectivity index (χ0v) is 14.6. The number of hydrogen-bond acceptors (Lipinski definition) is 3. The number of hydrogen-bond donors (Lipinski definition) is 2. The molecule has 0 unspecified atom stereocenters. The molecule has 1 fully saturated rings. The van der Waals surface area contributed by atoms with E-state index in [0.29, 0.717) is 19.5 Å². The zero-order chi connectivity index (χ0) is 17.5. The van der Waals surface area contributed by atoms with E-state index in [1.54, 1.807) is 0 Å². The Labute approximate surface area is 148 Å². The molecule has 0 aromatic heterocycles. The van der Waals surface area contributed by atoms with E-state index in [4.69, 9.17) is 4.74 Å². The normalized spacial score (nSPS) is 19.8. The molecule has 0 aliphatic carbocycles. The molecule has 25 heavy (non-hydrogen) atoms. The highest BCUT2D eigenvalue weighted by Gasteiger charge is 2.22. The van der Waals surface area contributed by atoms with Crippen molar-refractivity contribution in [3.05, 3.63) is 29.8 Å². The summed E-state index contributed by atoms with van der Waals surface area (Å²) in [5, 5.41) is 5.72. The molecule has 6 heteroatoms. The van der Waals surface area contributed by atoms with Crippen LogP contribution in [0, 0.1) is 0 Å². The van der Waals surface area contributed by atoms with Crippen LogP contribution in [0.1, 0.15) is 37.7 Å². The van der Waals surface area contributed by atoms with E-state index in [9.17, 15) is 9.59 Å². The lowest BCUT2D eigenvalue weighted by Gasteiger charge is -2.20. The summed E-state index contributed by atoms with van der Waals surface area (Å²) in [6.45, 7) is 2.64. The van der Waals surface area contributed by atoms with Crippen molar-refractivity contribution in [1.82, 2.24) is 15.5 Å². The fourth-order valence-corrected chi connectivity index (χ4v) is 3.38. The molecule has 1 aromatic carbocycles. The molecule has 2 aliphatic heterocycles. The predicted molar refractivity (Wildman–Crippen MR) is 95.6 cm³/mol. The van der Waals surface area contributed by atoms with Crippen LogP contribution in [0.5, 0.6) is 5.75 Å². The number of carbonyl (C=O) groups excluding carboxylic acids is 2. The van der Waals surface area contributed by atoms with E-state index in [1.807, 2.05) is 23.1 Å². The number of rotatable bonds is 6. The van der Waals surface area contributed by atoms with Gasteiger partial charge in [-0.25, -0.2) is 4.79 Å². The number of para-hydroxylation sites is 1. The number of urea groups is 1. The van der Waals surface area contributed by atoms with Crippen molar-refractivity contribution in [3.63, 3.8) is 0 Å². The molecule has 0 bridgehead atoms. The summed E-state index contributed by atoms with van der Waals surface area (Å²) < 4.78 is 5.80. The number of nitrogens with zero attached hydrogens (tertiary/aromatic N) is 1. The van der Waals surface area contributed by atoms with Crippen LogP contribution in [0.3, 0.4) is 0 Å². The highest BCUT2D eigenvalue weighted by Crippen LogP contribution is 2.27. The Morgan fingerprint density at radius 1 is 1.20 bits per heavy atom. The largest absolute Gasteiger partial charge is 0.488 e. The number of nitrogens with one attached hydrogen (secondary N) is 2. The Hall–Kier alpha value is -2.24. The maximum atomic E-state index is 11.9. The molecule has 1 saturated heterocycles. The lowest BCUT2D eigenvalue weighted by molar-refractivity contribution is -0.130. The monoisotopic (exact) mass is 345 g/mol. The molecular weight excluding hydrogens is 318 g/mol. The van der Waals surface area contributed by atoms with Gasteiger partial charge in [-0.15, -0.1) is 0 Å². The Morgan fingerprint density at radius 3 is 2.96 bits per heavy atom. The summed E-state index contributed by atoms with van der Waals surface area (Å²) in [6.07, 6.45) is 5.50. The van der Waals surface area contributed by atoms with Crippen LogP contribution < -0.4 is 15.4 Å². The maximum Gasteiger partial charge on any atom is 0.314 e. The molecule has 2 heterocycles. The molecule has 0 saturated carbocycles. The van der Waals surface area contributed by atoms with E-state index >= 15 is 0 Å². The van der Waals surface area contributed by atoms with Gasteiger partial charge in [0.25, 0.3) is 0 Å². The second-order valence-corrected chi connectivity index (χ2v) is 6.73. The van der Waals surface area contributed by atoms with Crippen LogP contribution in [0.15, 0.2) is 24.3 Å². The van der Waals surface area contributed by atoms with Crippen LogP contribution in [-0.4, -0.2) is 49.1 Å². The van der Waals surface area contributed by atoms with Gasteiger partial charge in [0.15, 0.2) is 0 Å². The third kappa shape index (κ3) is 5.11. The second-order valence-electron chi connectivity index (χ2n) is 6.73. The molecule has 0 spiro atoms. The summed E-state index contributed by atoms with van der Waals surface area (Å²) in [5.74, 6) is 1.16. The van der Waals surface area contributed by atoms with E-state index in [1.165, 1.54) is 5.56 Å². The molecule has 6 nitrogen and oxygen atoms in total. The van der Waals surface area contributed by atoms with Gasteiger partial charge in [0, 0.05) is 32.5 Å². The van der Waals surface area contributed by atoms with Crippen LogP contribution in [0.4, 0.5) is 4.79 Å². The molecule has 2 aliphatic rings. The first kappa shape index (κ1) is 17.6. The number of benzene rings is 1. The summed E-state index contributed by atoms with van der Waals surface area (Å²) >= 11 is 0. The van der Waals surface area contributed by atoms with Crippen LogP contribution >= 0.6 is 0 Å². The molecular formula is C19H27N3O3. The van der Waals surface area contributed by atoms with E-state index in [2.05, 4.69) is 16.7 Å². The van der Waals surface area contributed by atoms with Gasteiger partial charge in [0.1, 0.15) is 11.9 Å². The Balaban J connectivity index is 1.28. The first-order valence-corrected chi connectivity index (χ1v) is 9.26. The molecule has 136 valence electrons. The average molecular weight is 345 g/mol. The number of fused-ring (bicyclic) bond motifs is 1. The van der Waals surface area contributed by atoms with Crippen molar-refractivity contribution in [2.45, 2.75) is 44.6 Å². The SMILES string of the molecule is O=C(NCCCN1CCCCCC1=O)NC[C@H]1Cc2ccccc2O1. The van der Waals surface area contributed by atoms with Crippen molar-refractivity contribution >= 4 is 11.9 Å². The zero-order valence-electron chi connectivity index (χ0n) is 14.6. The smallest absolute Gasteiger partial charge is 0.314 e. The van der Waals surface area contributed by atoms with Gasteiger partial charge >= 0.3 is 6.03 Å². The van der Waals surface area contributed by atoms with Crippen LogP contribution in [0.25, 0.3) is 0 Å². The van der Waals surface area contributed by atoms with Gasteiger partial charge in [-0.1, -0.05) is 24.6 Å². The van der Waals surface area contributed by atoms with Gasteiger partial charge in [-0.2, -0.15) is 0 Å². The first-order valence-electron chi connectivity index (χ1n) is 9.26. The molecule has 1 aromatic rings. The Kier molecular flexibility index (Phi) is 6.14. The minimum Gasteiger partial charge on any atom is -0.488 e. The van der Waals surface area contributed by atoms with E-state index in [0.717, 1.165) is 50.9 Å². The van der Waals surface area contributed by atoms with Crippen molar-refractivity contribution in [3.8, 4) is 5.75 Å². The number of likely N-dealkylation sites (tertiary alicyclic amines) is 1. The van der Waals surface area contributed by atoms with E-state index < -0.39 is 0 Å². The third-order valence-electron chi connectivity index (χ3n) is 4.77. The average Bonchev–Trinajstić information content (AvgIpc) is 2.93. The summed E-state index contributed by atoms with van der Waals surface area (Å²) in [6, 6.07) is 7.79. The quantitative estimate of drug-likeness (QED) is 0.776. The molecule has 3 rings (SSSR count). The lowest BCUT2D eigenvalue weighted by Crippen LogP contribution is -2.42. The fourth-order valence-electron chi connectivity index (χ4n) is 3.38. The van der Waals surface area contributed by atoms with Crippen LogP contribution in [-0.2, 0) is 11.2 Å². The maximum absolute atomic E-state index is 11.9. The first-order chi connectivity index (χ1) is 12.2. The van der Waals surface area contributed by atoms with Crippen molar-refractivity contribution in [1.29, 1.82) is 0 Å². The van der Waals surface area contributed by atoms with Crippen molar-refractivity contribution < 1.29 is 14.3 Å². The Bertz CT molecular complexity index is 580. The number of carbonyl (C=O) groups is 2. The highest BCUT2D eigenvalue weighted by molar-refractivity contribution is 5.76. The van der Waals surface area contributed by atoms with Crippen molar-refractivity contribution in [2.24, 2.45) is 0 Å². The minimum atomic E-state index is -0.179. The molecule has 0 radical (unpaired) electrons. The summed E-state index contributed by atoms with van der Waals surface area (Å²) in [5.41, 5.74) is 1.19. The van der Waals surface area contributed by atoms with Gasteiger partial charge < -0.3 is 20.3 Å². The van der Waals surface area contributed by atoms with E-state index in [-0.39, 0.29) is 18.0 Å².